The Morgan fingerprint density at radius 2 is 1.94 bits per heavy atom. The lowest BCUT2D eigenvalue weighted by molar-refractivity contribution is 0.560. The van der Waals surface area contributed by atoms with Gasteiger partial charge in [0, 0.05) is 0 Å². The number of benzene rings is 1. The molecule has 1 aromatic carbocycles. The Labute approximate surface area is 105 Å². The molecule has 0 bridgehead atoms. The van der Waals surface area contributed by atoms with E-state index in [1.165, 1.54) is 57.8 Å². The van der Waals surface area contributed by atoms with Crippen LogP contribution < -0.4 is 0 Å². The Kier molecular flexibility index (Phi) is 3.22. The molecule has 0 amide bonds. The van der Waals surface area contributed by atoms with E-state index >= 15 is 0 Å². The molecule has 1 aromatic rings. The quantitative estimate of drug-likeness (QED) is 0.650. The lowest BCUT2D eigenvalue weighted by Crippen LogP contribution is -1.99. The fourth-order valence-electron chi connectivity index (χ4n) is 3.87. The van der Waals surface area contributed by atoms with Crippen molar-refractivity contribution in [2.24, 2.45) is 0 Å². The summed E-state index contributed by atoms with van der Waals surface area (Å²) in [7, 11) is 0. The van der Waals surface area contributed by atoms with Crippen molar-refractivity contribution in [3.63, 3.8) is 0 Å². The van der Waals surface area contributed by atoms with Crippen molar-refractivity contribution in [3.8, 4) is 0 Å². The van der Waals surface area contributed by atoms with E-state index in [4.69, 9.17) is 0 Å². The number of aryl methyl sites for hydroxylation is 2. The zero-order valence-electron chi connectivity index (χ0n) is 11.1. The topological polar surface area (TPSA) is 0 Å². The first kappa shape index (κ1) is 11.3. The molecule has 0 saturated carbocycles. The van der Waals surface area contributed by atoms with Gasteiger partial charge >= 0.3 is 0 Å². The molecule has 17 heavy (non-hydrogen) atoms. The van der Waals surface area contributed by atoms with E-state index in [1.807, 2.05) is 0 Å². The van der Waals surface area contributed by atoms with Crippen molar-refractivity contribution in [1.29, 1.82) is 0 Å². The van der Waals surface area contributed by atoms with E-state index in [-0.39, 0.29) is 0 Å². The Balaban J connectivity index is 1.83. The molecule has 2 aliphatic carbocycles. The highest BCUT2D eigenvalue weighted by atomic mass is 14.3. The summed E-state index contributed by atoms with van der Waals surface area (Å²) in [5.74, 6) is 0.907. The van der Waals surface area contributed by atoms with Gasteiger partial charge in [-0.05, 0) is 66.7 Å². The summed E-state index contributed by atoms with van der Waals surface area (Å²) in [4.78, 5) is 0. The second-order valence-electron chi connectivity index (χ2n) is 5.86. The molecule has 0 aromatic heterocycles. The van der Waals surface area contributed by atoms with Gasteiger partial charge < -0.3 is 0 Å². The SMILES string of the molecule is CCCCCC1CCc2ccc3c(c21)CCC3. The summed E-state index contributed by atoms with van der Waals surface area (Å²) in [5.41, 5.74) is 6.93. The standard InChI is InChI=1S/C17H24/c1-2-3-4-6-14-11-12-15-10-9-13-7-5-8-16(13)17(14)15/h9-10,14H,2-8,11-12H2,1H3. The van der Waals surface area contributed by atoms with Gasteiger partial charge in [-0.15, -0.1) is 0 Å². The highest BCUT2D eigenvalue weighted by molar-refractivity contribution is 5.48. The summed E-state index contributed by atoms with van der Waals surface area (Å²) in [6, 6.07) is 4.84. The van der Waals surface area contributed by atoms with Crippen LogP contribution in [-0.2, 0) is 19.3 Å². The maximum absolute atomic E-state index is 2.43. The Bertz CT molecular complexity index is 403. The Morgan fingerprint density at radius 1 is 1.06 bits per heavy atom. The molecule has 0 heteroatoms. The molecule has 0 heterocycles. The zero-order valence-corrected chi connectivity index (χ0v) is 11.1. The van der Waals surface area contributed by atoms with Gasteiger partial charge in [-0.2, -0.15) is 0 Å². The molecule has 1 unspecified atom stereocenters. The minimum Gasteiger partial charge on any atom is -0.0654 e. The maximum Gasteiger partial charge on any atom is -0.0153 e. The molecule has 0 nitrogen and oxygen atoms in total. The Morgan fingerprint density at radius 3 is 2.82 bits per heavy atom. The monoisotopic (exact) mass is 228 g/mol. The van der Waals surface area contributed by atoms with Crippen molar-refractivity contribution in [2.45, 2.75) is 70.6 Å². The molecule has 1 atom stereocenters. The van der Waals surface area contributed by atoms with Crippen molar-refractivity contribution in [3.05, 3.63) is 34.4 Å². The van der Waals surface area contributed by atoms with Crippen LogP contribution in [0, 0.1) is 0 Å². The lowest BCUT2D eigenvalue weighted by atomic mass is 9.90. The number of hydrogen-bond donors (Lipinski definition) is 0. The van der Waals surface area contributed by atoms with Gasteiger partial charge in [0.25, 0.3) is 0 Å². The second-order valence-corrected chi connectivity index (χ2v) is 5.86. The van der Waals surface area contributed by atoms with Crippen LogP contribution in [0.3, 0.4) is 0 Å². The van der Waals surface area contributed by atoms with Crippen molar-refractivity contribution in [2.75, 3.05) is 0 Å². The van der Waals surface area contributed by atoms with Gasteiger partial charge in [-0.3, -0.25) is 0 Å². The summed E-state index contributed by atoms with van der Waals surface area (Å²) >= 11 is 0. The minimum absolute atomic E-state index is 0.907. The van der Waals surface area contributed by atoms with E-state index in [0.717, 1.165) is 5.92 Å². The Hall–Kier alpha value is -0.780. The molecule has 2 aliphatic rings. The van der Waals surface area contributed by atoms with E-state index in [0.29, 0.717) is 0 Å². The van der Waals surface area contributed by atoms with Gasteiger partial charge in [0.05, 0.1) is 0 Å². The van der Waals surface area contributed by atoms with E-state index in [2.05, 4.69) is 19.1 Å². The smallest absolute Gasteiger partial charge is 0.0153 e. The van der Waals surface area contributed by atoms with Crippen LogP contribution in [0.15, 0.2) is 12.1 Å². The maximum atomic E-state index is 2.43. The third-order valence-corrected chi connectivity index (χ3v) is 4.74. The van der Waals surface area contributed by atoms with Crippen LogP contribution in [0.2, 0.25) is 0 Å². The molecular weight excluding hydrogens is 204 g/mol. The van der Waals surface area contributed by atoms with E-state index < -0.39 is 0 Å². The third kappa shape index (κ3) is 2.03. The van der Waals surface area contributed by atoms with Gasteiger partial charge in [-0.1, -0.05) is 38.3 Å². The largest absolute Gasteiger partial charge is 0.0654 e. The average Bonchev–Trinajstić information content (AvgIpc) is 2.94. The van der Waals surface area contributed by atoms with Crippen molar-refractivity contribution in [1.82, 2.24) is 0 Å². The minimum atomic E-state index is 0.907. The molecule has 0 saturated heterocycles. The summed E-state index contributed by atoms with van der Waals surface area (Å²) < 4.78 is 0. The van der Waals surface area contributed by atoms with Crippen LogP contribution >= 0.6 is 0 Å². The molecule has 0 aliphatic heterocycles. The van der Waals surface area contributed by atoms with E-state index in [1.54, 1.807) is 22.3 Å². The van der Waals surface area contributed by atoms with Crippen molar-refractivity contribution < 1.29 is 0 Å². The molecule has 0 spiro atoms. The van der Waals surface area contributed by atoms with Gasteiger partial charge in [-0.25, -0.2) is 0 Å². The van der Waals surface area contributed by atoms with Crippen LogP contribution in [0.4, 0.5) is 0 Å². The van der Waals surface area contributed by atoms with Gasteiger partial charge in [0.15, 0.2) is 0 Å². The predicted octanol–water partition coefficient (Wildman–Crippen LogP) is 4.79. The third-order valence-electron chi connectivity index (χ3n) is 4.74. The summed E-state index contributed by atoms with van der Waals surface area (Å²) in [6.45, 7) is 2.31. The van der Waals surface area contributed by atoms with Gasteiger partial charge in [0.2, 0.25) is 0 Å². The molecule has 3 rings (SSSR count). The first-order valence-corrected chi connectivity index (χ1v) is 7.53. The number of unbranched alkanes of at least 4 members (excludes halogenated alkanes) is 2. The molecule has 0 radical (unpaired) electrons. The first-order valence-electron chi connectivity index (χ1n) is 7.53. The molecule has 0 N–H and O–H groups in total. The molecule has 0 fully saturated rings. The predicted molar refractivity (Wildman–Crippen MR) is 73.7 cm³/mol. The van der Waals surface area contributed by atoms with Gasteiger partial charge in [0.1, 0.15) is 0 Å². The average molecular weight is 228 g/mol. The number of hydrogen-bond acceptors (Lipinski definition) is 0. The fraction of sp³-hybridized carbons (Fsp3) is 0.647. The highest BCUT2D eigenvalue weighted by Gasteiger charge is 2.27. The summed E-state index contributed by atoms with van der Waals surface area (Å²) in [5, 5.41) is 0. The molecule has 92 valence electrons. The van der Waals surface area contributed by atoms with Crippen LogP contribution in [0.25, 0.3) is 0 Å². The second kappa shape index (κ2) is 4.84. The summed E-state index contributed by atoms with van der Waals surface area (Å²) in [6.07, 6.45) is 12.5. The fourth-order valence-corrected chi connectivity index (χ4v) is 3.87. The highest BCUT2D eigenvalue weighted by Crippen LogP contribution is 2.42. The molecular formula is C17H24. The van der Waals surface area contributed by atoms with Crippen LogP contribution in [-0.4, -0.2) is 0 Å². The zero-order chi connectivity index (χ0) is 11.7. The van der Waals surface area contributed by atoms with Crippen LogP contribution in [0.5, 0.6) is 0 Å². The van der Waals surface area contributed by atoms with Crippen LogP contribution in [0.1, 0.15) is 73.6 Å². The first-order chi connectivity index (χ1) is 8.40. The number of rotatable bonds is 4. The normalized spacial score (nSPS) is 21.6. The van der Waals surface area contributed by atoms with Crippen molar-refractivity contribution >= 4 is 0 Å². The lowest BCUT2D eigenvalue weighted by Gasteiger charge is -2.15. The van der Waals surface area contributed by atoms with E-state index in [9.17, 15) is 0 Å². The number of fused-ring (bicyclic) bond motifs is 3.